The smallest absolute Gasteiger partial charge is 0.0387 e. The molecule has 1 rings (SSSR count). The van der Waals surface area contributed by atoms with Crippen molar-refractivity contribution in [2.75, 3.05) is 11.1 Å². The first-order chi connectivity index (χ1) is 5.74. The summed E-state index contributed by atoms with van der Waals surface area (Å²) in [4.78, 5) is 0. The maximum absolute atomic E-state index is 5.74. The number of hydrogen-bond donors (Lipinski definition) is 1. The number of alkyl halides is 1. The Labute approximate surface area is 88.9 Å². The van der Waals surface area contributed by atoms with E-state index >= 15 is 0 Å². The largest absolute Gasteiger partial charge is 0.398 e. The number of allylic oxidation sites excluding steroid dienone is 1. The van der Waals surface area contributed by atoms with E-state index in [0.29, 0.717) is 0 Å². The van der Waals surface area contributed by atoms with E-state index in [4.69, 9.17) is 5.73 Å². The van der Waals surface area contributed by atoms with E-state index in [1.54, 1.807) is 0 Å². The highest BCUT2D eigenvalue weighted by Crippen LogP contribution is 2.18. The topological polar surface area (TPSA) is 26.0 Å². The van der Waals surface area contributed by atoms with E-state index in [-0.39, 0.29) is 0 Å². The SMILES string of the molecule is Nc1ccccc1/C=C(\Br)CBr. The van der Waals surface area contributed by atoms with Crippen molar-refractivity contribution in [3.8, 4) is 0 Å². The minimum Gasteiger partial charge on any atom is -0.398 e. The molecule has 0 saturated heterocycles. The van der Waals surface area contributed by atoms with Crippen LogP contribution >= 0.6 is 31.9 Å². The van der Waals surface area contributed by atoms with E-state index in [2.05, 4.69) is 31.9 Å². The highest BCUT2D eigenvalue weighted by Gasteiger charge is 1.94. The zero-order valence-electron chi connectivity index (χ0n) is 6.43. The van der Waals surface area contributed by atoms with Crippen LogP contribution < -0.4 is 5.73 Å². The van der Waals surface area contributed by atoms with Gasteiger partial charge < -0.3 is 5.73 Å². The number of para-hydroxylation sites is 1. The molecular formula is C9H9Br2N. The van der Waals surface area contributed by atoms with Crippen LogP contribution in [0.3, 0.4) is 0 Å². The lowest BCUT2D eigenvalue weighted by molar-refractivity contribution is 1.63. The molecule has 64 valence electrons. The molecule has 0 aliphatic rings. The van der Waals surface area contributed by atoms with Crippen LogP contribution in [-0.4, -0.2) is 5.33 Å². The summed E-state index contributed by atoms with van der Waals surface area (Å²) in [6, 6.07) is 7.77. The molecule has 0 heterocycles. The Morgan fingerprint density at radius 2 is 2.08 bits per heavy atom. The van der Waals surface area contributed by atoms with Crippen LogP contribution in [0.2, 0.25) is 0 Å². The molecule has 0 fully saturated rings. The minimum absolute atomic E-state index is 0.801. The second-order valence-electron chi connectivity index (χ2n) is 2.35. The summed E-state index contributed by atoms with van der Waals surface area (Å²) in [6.45, 7) is 0. The number of anilines is 1. The first kappa shape index (κ1) is 9.81. The molecule has 0 amide bonds. The molecule has 2 N–H and O–H groups in total. The fourth-order valence-corrected chi connectivity index (χ4v) is 1.26. The van der Waals surface area contributed by atoms with Crippen molar-refractivity contribution in [3.63, 3.8) is 0 Å². The van der Waals surface area contributed by atoms with Crippen LogP contribution in [0, 0.1) is 0 Å². The molecule has 0 spiro atoms. The van der Waals surface area contributed by atoms with Crippen molar-refractivity contribution in [3.05, 3.63) is 34.3 Å². The van der Waals surface area contributed by atoms with Crippen LogP contribution in [0.1, 0.15) is 5.56 Å². The number of nitrogen functional groups attached to an aromatic ring is 1. The van der Waals surface area contributed by atoms with Gasteiger partial charge in [0, 0.05) is 15.5 Å². The van der Waals surface area contributed by atoms with Crippen molar-refractivity contribution in [1.29, 1.82) is 0 Å². The van der Waals surface area contributed by atoms with Crippen LogP contribution in [0.25, 0.3) is 6.08 Å². The number of halogens is 2. The fraction of sp³-hybridized carbons (Fsp3) is 0.111. The van der Waals surface area contributed by atoms with Gasteiger partial charge in [0.05, 0.1) is 0 Å². The average Bonchev–Trinajstić information content (AvgIpc) is 2.09. The Morgan fingerprint density at radius 3 is 2.67 bits per heavy atom. The zero-order chi connectivity index (χ0) is 8.97. The van der Waals surface area contributed by atoms with Gasteiger partial charge in [-0.15, -0.1) is 0 Å². The van der Waals surface area contributed by atoms with Gasteiger partial charge in [-0.2, -0.15) is 0 Å². The normalized spacial score (nSPS) is 11.7. The summed E-state index contributed by atoms with van der Waals surface area (Å²) >= 11 is 6.75. The van der Waals surface area contributed by atoms with Crippen LogP contribution in [-0.2, 0) is 0 Å². The molecule has 0 unspecified atom stereocenters. The van der Waals surface area contributed by atoms with Gasteiger partial charge in [-0.1, -0.05) is 50.1 Å². The lowest BCUT2D eigenvalue weighted by Crippen LogP contribution is -1.88. The van der Waals surface area contributed by atoms with Gasteiger partial charge >= 0.3 is 0 Å². The van der Waals surface area contributed by atoms with Crippen molar-refractivity contribution in [2.45, 2.75) is 0 Å². The van der Waals surface area contributed by atoms with Crippen LogP contribution in [0.4, 0.5) is 5.69 Å². The van der Waals surface area contributed by atoms with Gasteiger partial charge in [0.1, 0.15) is 0 Å². The van der Waals surface area contributed by atoms with Gasteiger partial charge in [-0.05, 0) is 17.7 Å². The molecule has 0 aromatic heterocycles. The highest BCUT2D eigenvalue weighted by atomic mass is 79.9. The van der Waals surface area contributed by atoms with E-state index in [0.717, 1.165) is 21.1 Å². The summed E-state index contributed by atoms with van der Waals surface area (Å²) < 4.78 is 1.08. The van der Waals surface area contributed by atoms with Crippen molar-refractivity contribution in [2.24, 2.45) is 0 Å². The molecule has 0 bridgehead atoms. The van der Waals surface area contributed by atoms with Crippen molar-refractivity contribution < 1.29 is 0 Å². The van der Waals surface area contributed by atoms with Crippen LogP contribution in [0.5, 0.6) is 0 Å². The maximum atomic E-state index is 5.74. The molecule has 1 aromatic rings. The lowest BCUT2D eigenvalue weighted by atomic mass is 10.2. The van der Waals surface area contributed by atoms with Crippen molar-refractivity contribution in [1.82, 2.24) is 0 Å². The molecule has 1 nitrogen and oxygen atoms in total. The minimum atomic E-state index is 0.801. The highest BCUT2D eigenvalue weighted by molar-refractivity contribution is 9.13. The predicted octanol–water partition coefficient (Wildman–Crippen LogP) is 3.40. The molecule has 1 aromatic carbocycles. The molecular weight excluding hydrogens is 282 g/mol. The Balaban J connectivity index is 2.96. The number of rotatable bonds is 2. The third-order valence-corrected chi connectivity index (χ3v) is 3.30. The summed E-state index contributed by atoms with van der Waals surface area (Å²) in [5.41, 5.74) is 7.59. The number of hydrogen-bond acceptors (Lipinski definition) is 1. The summed E-state index contributed by atoms with van der Waals surface area (Å²) in [6.07, 6.45) is 2.00. The van der Waals surface area contributed by atoms with E-state index in [9.17, 15) is 0 Å². The molecule has 0 radical (unpaired) electrons. The molecule has 0 saturated carbocycles. The van der Waals surface area contributed by atoms with E-state index in [1.807, 2.05) is 30.3 Å². The fourth-order valence-electron chi connectivity index (χ4n) is 0.850. The molecule has 3 heteroatoms. The molecule has 0 aliphatic heterocycles. The predicted molar refractivity (Wildman–Crippen MR) is 61.6 cm³/mol. The van der Waals surface area contributed by atoms with Crippen LogP contribution in [0.15, 0.2) is 28.7 Å². The monoisotopic (exact) mass is 289 g/mol. The standard InChI is InChI=1S/C9H9Br2N/c10-6-8(11)5-7-3-1-2-4-9(7)12/h1-5H,6,12H2/b8-5-. The maximum Gasteiger partial charge on any atom is 0.0387 e. The Hall–Kier alpha value is -0.280. The van der Waals surface area contributed by atoms with Gasteiger partial charge in [-0.3, -0.25) is 0 Å². The Bertz CT molecular complexity index is 294. The Morgan fingerprint density at radius 1 is 1.42 bits per heavy atom. The Kier molecular flexibility index (Phi) is 3.82. The second kappa shape index (κ2) is 4.67. The number of benzene rings is 1. The van der Waals surface area contributed by atoms with E-state index < -0.39 is 0 Å². The zero-order valence-corrected chi connectivity index (χ0v) is 9.60. The van der Waals surface area contributed by atoms with Gasteiger partial charge in [0.15, 0.2) is 0 Å². The third-order valence-electron chi connectivity index (χ3n) is 1.44. The summed E-state index contributed by atoms with van der Waals surface area (Å²) in [5.74, 6) is 0. The third kappa shape index (κ3) is 2.64. The second-order valence-corrected chi connectivity index (χ2v) is 3.93. The first-order valence-electron chi connectivity index (χ1n) is 3.50. The lowest BCUT2D eigenvalue weighted by Gasteiger charge is -1.99. The van der Waals surface area contributed by atoms with Gasteiger partial charge in [0.25, 0.3) is 0 Å². The first-order valence-corrected chi connectivity index (χ1v) is 5.42. The summed E-state index contributed by atoms with van der Waals surface area (Å²) in [7, 11) is 0. The quantitative estimate of drug-likeness (QED) is 0.656. The average molecular weight is 291 g/mol. The molecule has 0 aliphatic carbocycles. The molecule has 12 heavy (non-hydrogen) atoms. The van der Waals surface area contributed by atoms with Gasteiger partial charge in [0.2, 0.25) is 0 Å². The van der Waals surface area contributed by atoms with Gasteiger partial charge in [-0.25, -0.2) is 0 Å². The van der Waals surface area contributed by atoms with Crippen molar-refractivity contribution >= 4 is 43.6 Å². The number of nitrogens with two attached hydrogens (primary N) is 1. The molecule has 0 atom stereocenters. The summed E-state index contributed by atoms with van der Waals surface area (Å²) in [5, 5.41) is 0.807. The van der Waals surface area contributed by atoms with E-state index in [1.165, 1.54) is 0 Å².